The van der Waals surface area contributed by atoms with Gasteiger partial charge in [-0.1, -0.05) is 0 Å². The first-order valence-corrected chi connectivity index (χ1v) is 8.36. The van der Waals surface area contributed by atoms with E-state index in [1.165, 1.54) is 18.4 Å². The molecular weight excluding hydrogens is 320 g/mol. The third kappa shape index (κ3) is 3.85. The second-order valence-corrected chi connectivity index (χ2v) is 6.72. The number of benzene rings is 1. The number of ether oxygens (including phenoxy) is 1. The minimum Gasteiger partial charge on any atom is -0.375 e. The Hall–Kier alpha value is -1.35. The normalized spacial score (nSPS) is 13.3. The molecule has 21 heavy (non-hydrogen) atoms. The maximum atomic E-state index is 13.5. The summed E-state index contributed by atoms with van der Waals surface area (Å²) in [6.07, 6.45) is -0.477. The summed E-state index contributed by atoms with van der Waals surface area (Å²) < 4.78 is 57.9. The molecule has 0 saturated carbocycles. The Morgan fingerprint density at radius 2 is 2.10 bits per heavy atom. The molecular formula is C13H13F2NO3S2. The molecule has 0 amide bonds. The zero-order chi connectivity index (χ0) is 15.5. The summed E-state index contributed by atoms with van der Waals surface area (Å²) in [6.45, 7) is -0.0492. The molecule has 0 aliphatic heterocycles. The van der Waals surface area contributed by atoms with Crippen LogP contribution in [0, 0.1) is 11.6 Å². The first-order valence-electron chi connectivity index (χ1n) is 5.93. The van der Waals surface area contributed by atoms with E-state index in [1.807, 2.05) is 16.8 Å². The molecule has 2 rings (SSSR count). The van der Waals surface area contributed by atoms with E-state index in [-0.39, 0.29) is 6.54 Å². The smallest absolute Gasteiger partial charge is 0.243 e. The van der Waals surface area contributed by atoms with Crippen LogP contribution in [-0.2, 0) is 14.8 Å². The fraction of sp³-hybridized carbons (Fsp3) is 0.231. The molecule has 0 aliphatic rings. The summed E-state index contributed by atoms with van der Waals surface area (Å²) in [6, 6.07) is 4.12. The average molecular weight is 333 g/mol. The first kappa shape index (κ1) is 16.0. The van der Waals surface area contributed by atoms with Crippen LogP contribution in [0.4, 0.5) is 8.78 Å². The summed E-state index contributed by atoms with van der Waals surface area (Å²) in [5.74, 6) is -1.97. The van der Waals surface area contributed by atoms with E-state index in [9.17, 15) is 17.2 Å². The van der Waals surface area contributed by atoms with Crippen molar-refractivity contribution in [2.75, 3.05) is 13.7 Å². The number of rotatable bonds is 6. The van der Waals surface area contributed by atoms with Gasteiger partial charge in [-0.3, -0.25) is 0 Å². The van der Waals surface area contributed by atoms with E-state index in [4.69, 9.17) is 4.74 Å². The van der Waals surface area contributed by atoms with Gasteiger partial charge in [0.1, 0.15) is 16.5 Å². The highest BCUT2D eigenvalue weighted by Crippen LogP contribution is 2.20. The molecule has 0 radical (unpaired) electrons. The first-order chi connectivity index (χ1) is 9.94. The molecule has 8 heteroatoms. The van der Waals surface area contributed by atoms with E-state index in [0.717, 1.165) is 17.7 Å². The van der Waals surface area contributed by atoms with E-state index in [1.54, 1.807) is 0 Å². The Kier molecular flexibility index (Phi) is 5.04. The van der Waals surface area contributed by atoms with E-state index >= 15 is 0 Å². The van der Waals surface area contributed by atoms with Crippen LogP contribution in [-0.4, -0.2) is 22.1 Å². The van der Waals surface area contributed by atoms with Gasteiger partial charge in [0.05, 0.1) is 6.10 Å². The Balaban J connectivity index is 2.14. The van der Waals surface area contributed by atoms with Crippen LogP contribution in [0.2, 0.25) is 0 Å². The lowest BCUT2D eigenvalue weighted by molar-refractivity contribution is 0.107. The summed E-state index contributed by atoms with van der Waals surface area (Å²) in [4.78, 5) is -0.593. The SMILES string of the molecule is COC(CNS(=O)(=O)c1ccc(F)cc1F)c1ccsc1. The van der Waals surface area contributed by atoms with Crippen LogP contribution in [0.5, 0.6) is 0 Å². The molecule has 114 valence electrons. The van der Waals surface area contributed by atoms with Crippen molar-refractivity contribution in [3.8, 4) is 0 Å². The Morgan fingerprint density at radius 3 is 2.67 bits per heavy atom. The number of halogens is 2. The van der Waals surface area contributed by atoms with Crippen LogP contribution in [0.1, 0.15) is 11.7 Å². The highest BCUT2D eigenvalue weighted by Gasteiger charge is 2.21. The fourth-order valence-electron chi connectivity index (χ4n) is 1.75. The van der Waals surface area contributed by atoms with Crippen molar-refractivity contribution in [1.82, 2.24) is 4.72 Å². The lowest BCUT2D eigenvalue weighted by atomic mass is 10.2. The standard InChI is InChI=1S/C13H13F2NO3S2/c1-19-12(9-4-5-20-8-9)7-16-21(17,18)13-3-2-10(14)6-11(13)15/h2-6,8,12,16H,7H2,1H3. The van der Waals surface area contributed by atoms with Crippen LogP contribution >= 0.6 is 11.3 Å². The van der Waals surface area contributed by atoms with Crippen molar-refractivity contribution >= 4 is 21.4 Å². The summed E-state index contributed by atoms with van der Waals surface area (Å²) in [7, 11) is -2.62. The lowest BCUT2D eigenvalue weighted by Crippen LogP contribution is -2.29. The summed E-state index contributed by atoms with van der Waals surface area (Å²) in [5.41, 5.74) is 0.824. The summed E-state index contributed by atoms with van der Waals surface area (Å²) in [5, 5.41) is 3.68. The quantitative estimate of drug-likeness (QED) is 0.884. The van der Waals surface area contributed by atoms with E-state index in [2.05, 4.69) is 4.72 Å². The van der Waals surface area contributed by atoms with Crippen LogP contribution in [0.25, 0.3) is 0 Å². The van der Waals surface area contributed by atoms with Gasteiger partial charge in [0.15, 0.2) is 0 Å². The van der Waals surface area contributed by atoms with Crippen molar-refractivity contribution in [3.63, 3.8) is 0 Å². The molecule has 4 nitrogen and oxygen atoms in total. The molecule has 0 bridgehead atoms. The minimum atomic E-state index is -4.07. The van der Waals surface area contributed by atoms with Crippen molar-refractivity contribution < 1.29 is 21.9 Å². The van der Waals surface area contributed by atoms with Crippen LogP contribution < -0.4 is 4.72 Å². The van der Waals surface area contributed by atoms with Crippen molar-refractivity contribution in [1.29, 1.82) is 0 Å². The van der Waals surface area contributed by atoms with E-state index < -0.39 is 32.7 Å². The number of thiophene rings is 1. The number of hydrogen-bond acceptors (Lipinski definition) is 4. The number of nitrogens with one attached hydrogen (secondary N) is 1. The zero-order valence-electron chi connectivity index (χ0n) is 11.0. The second kappa shape index (κ2) is 6.61. The molecule has 0 spiro atoms. The Bertz CT molecular complexity index is 702. The maximum absolute atomic E-state index is 13.5. The minimum absolute atomic E-state index is 0.0492. The predicted octanol–water partition coefficient (Wildman–Crippen LogP) is 2.69. The fourth-order valence-corrected chi connectivity index (χ4v) is 3.54. The third-order valence-corrected chi connectivity index (χ3v) is 5.00. The van der Waals surface area contributed by atoms with Gasteiger partial charge in [-0.2, -0.15) is 11.3 Å². The molecule has 0 aliphatic carbocycles. The molecule has 1 heterocycles. The van der Waals surface area contributed by atoms with E-state index in [0.29, 0.717) is 6.07 Å². The number of methoxy groups -OCH3 is 1. The predicted molar refractivity (Wildman–Crippen MR) is 75.6 cm³/mol. The molecule has 0 saturated heterocycles. The monoisotopic (exact) mass is 333 g/mol. The molecule has 0 fully saturated rings. The summed E-state index contributed by atoms with van der Waals surface area (Å²) >= 11 is 1.46. The number of hydrogen-bond donors (Lipinski definition) is 1. The zero-order valence-corrected chi connectivity index (χ0v) is 12.7. The molecule has 1 atom stereocenters. The highest BCUT2D eigenvalue weighted by atomic mass is 32.2. The van der Waals surface area contributed by atoms with Crippen LogP contribution in [0.3, 0.4) is 0 Å². The topological polar surface area (TPSA) is 55.4 Å². The van der Waals surface area contributed by atoms with Crippen LogP contribution in [0.15, 0.2) is 39.9 Å². The van der Waals surface area contributed by atoms with Gasteiger partial charge in [0, 0.05) is 19.7 Å². The Labute approximate surface area is 125 Å². The molecule has 1 aromatic heterocycles. The van der Waals surface area contributed by atoms with Gasteiger partial charge in [0.2, 0.25) is 10.0 Å². The molecule has 1 N–H and O–H groups in total. The molecule has 1 unspecified atom stereocenters. The second-order valence-electron chi connectivity index (χ2n) is 4.21. The van der Waals surface area contributed by atoms with Gasteiger partial charge in [-0.25, -0.2) is 21.9 Å². The highest BCUT2D eigenvalue weighted by molar-refractivity contribution is 7.89. The molecule has 1 aromatic carbocycles. The van der Waals surface area contributed by atoms with Gasteiger partial charge in [0.25, 0.3) is 0 Å². The molecule has 2 aromatic rings. The van der Waals surface area contributed by atoms with Crippen molar-refractivity contribution in [3.05, 3.63) is 52.2 Å². The average Bonchev–Trinajstić information content (AvgIpc) is 2.93. The Morgan fingerprint density at radius 1 is 1.33 bits per heavy atom. The maximum Gasteiger partial charge on any atom is 0.243 e. The van der Waals surface area contributed by atoms with Gasteiger partial charge < -0.3 is 4.74 Å². The largest absolute Gasteiger partial charge is 0.375 e. The van der Waals surface area contributed by atoms with Gasteiger partial charge >= 0.3 is 0 Å². The van der Waals surface area contributed by atoms with Gasteiger partial charge in [-0.05, 0) is 34.5 Å². The van der Waals surface area contributed by atoms with Crippen molar-refractivity contribution in [2.45, 2.75) is 11.0 Å². The number of sulfonamides is 1. The third-order valence-electron chi connectivity index (χ3n) is 2.84. The lowest BCUT2D eigenvalue weighted by Gasteiger charge is -2.15. The van der Waals surface area contributed by atoms with Crippen molar-refractivity contribution in [2.24, 2.45) is 0 Å². The van der Waals surface area contributed by atoms with Gasteiger partial charge in [-0.15, -0.1) is 0 Å².